The van der Waals surface area contributed by atoms with Gasteiger partial charge in [0.2, 0.25) is 23.6 Å². The SMILES string of the molecule is CNC(C)C(=O)NC(C(=O)N1CCC2C1C(C(=O)NCc1ccc(F)cc1)CN2C(C)=O)C(C)(C)C. The lowest BCUT2D eigenvalue weighted by molar-refractivity contribution is -0.142. The van der Waals surface area contributed by atoms with E-state index in [4.69, 9.17) is 0 Å². The van der Waals surface area contributed by atoms with Crippen LogP contribution >= 0.6 is 0 Å². The van der Waals surface area contributed by atoms with Crippen LogP contribution in [-0.2, 0) is 25.7 Å². The lowest BCUT2D eigenvalue weighted by Crippen LogP contribution is -2.59. The van der Waals surface area contributed by atoms with E-state index in [1.54, 1.807) is 35.9 Å². The molecule has 1 aromatic rings. The Morgan fingerprint density at radius 1 is 1.11 bits per heavy atom. The van der Waals surface area contributed by atoms with E-state index in [1.807, 2.05) is 20.8 Å². The minimum absolute atomic E-state index is 0.142. The number of hydrogen-bond acceptors (Lipinski definition) is 5. The zero-order valence-electron chi connectivity index (χ0n) is 21.9. The second-order valence-electron chi connectivity index (χ2n) is 10.8. The molecule has 0 saturated carbocycles. The number of likely N-dealkylation sites (N-methyl/N-ethyl adjacent to an activating group) is 1. The van der Waals surface area contributed by atoms with Crippen LogP contribution in [0.25, 0.3) is 0 Å². The van der Waals surface area contributed by atoms with Gasteiger partial charge in [0.05, 0.1) is 24.0 Å². The standard InChI is InChI=1S/C26H38FN5O4/c1-15(28-6)23(34)30-22(26(3,4)5)25(36)31-12-11-20-21(31)19(14-32(20)16(2)33)24(35)29-13-17-7-9-18(27)10-8-17/h7-10,15,19-22,28H,11-14H2,1-6H3,(H,29,35)(H,30,34). The van der Waals surface area contributed by atoms with E-state index in [-0.39, 0.29) is 48.6 Å². The average Bonchev–Trinajstić information content (AvgIpc) is 3.41. The summed E-state index contributed by atoms with van der Waals surface area (Å²) >= 11 is 0. The van der Waals surface area contributed by atoms with Gasteiger partial charge in [0, 0.05) is 26.6 Å². The van der Waals surface area contributed by atoms with Crippen LogP contribution in [0, 0.1) is 17.2 Å². The molecule has 10 heteroatoms. The summed E-state index contributed by atoms with van der Waals surface area (Å²) in [5, 5.41) is 8.66. The van der Waals surface area contributed by atoms with E-state index in [1.165, 1.54) is 19.1 Å². The Morgan fingerprint density at radius 3 is 2.31 bits per heavy atom. The Balaban J connectivity index is 1.83. The van der Waals surface area contributed by atoms with Gasteiger partial charge >= 0.3 is 0 Å². The highest BCUT2D eigenvalue weighted by molar-refractivity contribution is 5.91. The van der Waals surface area contributed by atoms with Crippen molar-refractivity contribution in [2.45, 2.75) is 71.8 Å². The summed E-state index contributed by atoms with van der Waals surface area (Å²) in [6.45, 7) is 9.66. The molecule has 0 radical (unpaired) electrons. The molecule has 2 heterocycles. The first kappa shape index (κ1) is 27.6. The molecule has 2 aliphatic heterocycles. The van der Waals surface area contributed by atoms with Crippen LogP contribution in [0.1, 0.15) is 46.6 Å². The Labute approximate surface area is 212 Å². The summed E-state index contributed by atoms with van der Waals surface area (Å²) in [5.74, 6) is -1.92. The van der Waals surface area contributed by atoms with Crippen molar-refractivity contribution >= 4 is 23.6 Å². The van der Waals surface area contributed by atoms with Gasteiger partial charge < -0.3 is 25.8 Å². The highest BCUT2D eigenvalue weighted by atomic mass is 19.1. The fraction of sp³-hybridized carbons (Fsp3) is 0.615. The van der Waals surface area contributed by atoms with Crippen LogP contribution in [0.3, 0.4) is 0 Å². The summed E-state index contributed by atoms with van der Waals surface area (Å²) in [5.41, 5.74) is 0.175. The number of carbonyl (C=O) groups is 4. The maximum Gasteiger partial charge on any atom is 0.246 e. The van der Waals surface area contributed by atoms with E-state index < -0.39 is 29.5 Å². The van der Waals surface area contributed by atoms with E-state index in [0.29, 0.717) is 13.0 Å². The average molecular weight is 504 g/mol. The number of halogens is 1. The Hall–Kier alpha value is -3.01. The molecule has 0 aromatic heterocycles. The molecule has 36 heavy (non-hydrogen) atoms. The van der Waals surface area contributed by atoms with Crippen LogP contribution in [0.15, 0.2) is 24.3 Å². The molecule has 1 aromatic carbocycles. The molecule has 5 atom stereocenters. The van der Waals surface area contributed by atoms with Gasteiger partial charge in [-0.25, -0.2) is 4.39 Å². The third-order valence-corrected chi connectivity index (χ3v) is 7.26. The van der Waals surface area contributed by atoms with Gasteiger partial charge in [-0.05, 0) is 43.5 Å². The first-order chi connectivity index (χ1) is 16.8. The monoisotopic (exact) mass is 503 g/mol. The predicted octanol–water partition coefficient (Wildman–Crippen LogP) is 1.03. The second-order valence-corrected chi connectivity index (χ2v) is 10.8. The number of rotatable bonds is 7. The smallest absolute Gasteiger partial charge is 0.246 e. The van der Waals surface area contributed by atoms with E-state index >= 15 is 0 Å². The first-order valence-corrected chi connectivity index (χ1v) is 12.4. The number of benzene rings is 1. The molecule has 2 aliphatic rings. The Morgan fingerprint density at radius 2 is 1.75 bits per heavy atom. The molecule has 5 unspecified atom stereocenters. The first-order valence-electron chi connectivity index (χ1n) is 12.4. The molecule has 3 rings (SSSR count). The van der Waals surface area contributed by atoms with Crippen molar-refractivity contribution in [2.24, 2.45) is 11.3 Å². The number of hydrogen-bond donors (Lipinski definition) is 3. The lowest BCUT2D eigenvalue weighted by atomic mass is 9.85. The van der Waals surface area contributed by atoms with Gasteiger partial charge in [0.25, 0.3) is 0 Å². The summed E-state index contributed by atoms with van der Waals surface area (Å²) in [7, 11) is 1.67. The van der Waals surface area contributed by atoms with Crippen molar-refractivity contribution in [1.82, 2.24) is 25.8 Å². The van der Waals surface area contributed by atoms with E-state index in [0.717, 1.165) is 5.56 Å². The van der Waals surface area contributed by atoms with Crippen LogP contribution in [0.5, 0.6) is 0 Å². The van der Waals surface area contributed by atoms with Gasteiger partial charge in [0.15, 0.2) is 0 Å². The molecule has 3 N–H and O–H groups in total. The topological polar surface area (TPSA) is 111 Å². The van der Waals surface area contributed by atoms with Crippen LogP contribution in [0.4, 0.5) is 4.39 Å². The number of likely N-dealkylation sites (tertiary alicyclic amines) is 2. The number of nitrogens with zero attached hydrogens (tertiary/aromatic N) is 2. The maximum atomic E-state index is 13.9. The largest absolute Gasteiger partial charge is 0.352 e. The van der Waals surface area contributed by atoms with Gasteiger partial charge in [0.1, 0.15) is 11.9 Å². The molecule has 0 aliphatic carbocycles. The van der Waals surface area contributed by atoms with E-state index in [9.17, 15) is 23.6 Å². The number of amides is 4. The van der Waals surface area contributed by atoms with Gasteiger partial charge in [-0.3, -0.25) is 19.2 Å². The molecule has 0 bridgehead atoms. The minimum Gasteiger partial charge on any atom is -0.352 e. The molecule has 0 spiro atoms. The second kappa shape index (κ2) is 10.9. The Kier molecular flexibility index (Phi) is 8.38. The molecule has 198 valence electrons. The van der Waals surface area contributed by atoms with Crippen molar-refractivity contribution < 1.29 is 23.6 Å². The van der Waals surface area contributed by atoms with Crippen molar-refractivity contribution in [2.75, 3.05) is 20.1 Å². The summed E-state index contributed by atoms with van der Waals surface area (Å²) in [6, 6.07) is 3.84. The third kappa shape index (κ3) is 5.86. The molecular weight excluding hydrogens is 465 g/mol. The summed E-state index contributed by atoms with van der Waals surface area (Å²) < 4.78 is 13.2. The quantitative estimate of drug-likeness (QED) is 0.515. The van der Waals surface area contributed by atoms with Crippen LogP contribution < -0.4 is 16.0 Å². The summed E-state index contributed by atoms with van der Waals surface area (Å²) in [6.07, 6.45) is 0.565. The van der Waals surface area contributed by atoms with Gasteiger partial charge in [-0.15, -0.1) is 0 Å². The highest BCUT2D eigenvalue weighted by Crippen LogP contribution is 2.37. The number of fused-ring (bicyclic) bond motifs is 1. The molecule has 2 fully saturated rings. The fourth-order valence-corrected chi connectivity index (χ4v) is 5.07. The molecule has 2 saturated heterocycles. The van der Waals surface area contributed by atoms with Crippen molar-refractivity contribution in [1.29, 1.82) is 0 Å². The molecule has 4 amide bonds. The van der Waals surface area contributed by atoms with Crippen molar-refractivity contribution in [3.63, 3.8) is 0 Å². The molecule has 9 nitrogen and oxygen atoms in total. The zero-order valence-corrected chi connectivity index (χ0v) is 21.9. The number of nitrogens with one attached hydrogen (secondary N) is 3. The molecular formula is C26H38FN5O4. The Bertz CT molecular complexity index is 993. The van der Waals surface area contributed by atoms with Crippen molar-refractivity contribution in [3.05, 3.63) is 35.6 Å². The summed E-state index contributed by atoms with van der Waals surface area (Å²) in [4.78, 5) is 55.5. The maximum absolute atomic E-state index is 13.9. The van der Waals surface area contributed by atoms with Gasteiger partial charge in [-0.1, -0.05) is 32.9 Å². The normalized spacial score (nSPS) is 23.1. The zero-order chi connectivity index (χ0) is 26.8. The predicted molar refractivity (Wildman–Crippen MR) is 133 cm³/mol. The van der Waals surface area contributed by atoms with Crippen LogP contribution in [-0.4, -0.2) is 77.7 Å². The minimum atomic E-state index is -0.797. The lowest BCUT2D eigenvalue weighted by Gasteiger charge is -2.37. The highest BCUT2D eigenvalue weighted by Gasteiger charge is 2.55. The fourth-order valence-electron chi connectivity index (χ4n) is 5.07. The van der Waals surface area contributed by atoms with Gasteiger partial charge in [-0.2, -0.15) is 0 Å². The van der Waals surface area contributed by atoms with E-state index in [2.05, 4.69) is 16.0 Å². The van der Waals surface area contributed by atoms with Crippen LogP contribution in [0.2, 0.25) is 0 Å². The third-order valence-electron chi connectivity index (χ3n) is 7.26. The van der Waals surface area contributed by atoms with Crippen molar-refractivity contribution in [3.8, 4) is 0 Å². The number of carbonyl (C=O) groups excluding carboxylic acids is 4.